The van der Waals surface area contributed by atoms with Crippen LogP contribution >= 0.6 is 0 Å². The standard InChI is InChI=1S/C18H27NO2/c19-11-15-6-1-2-7-16(15)12-20-13-18-17-8-4-3-5-14(17)9-10-21-18/h3-5,8,15-16,18H,1-2,6-7,9-13,19H2. The summed E-state index contributed by atoms with van der Waals surface area (Å²) in [5.41, 5.74) is 8.61. The molecule has 0 bridgehead atoms. The molecule has 0 spiro atoms. The number of ether oxygens (including phenoxy) is 2. The van der Waals surface area contributed by atoms with Gasteiger partial charge in [0.2, 0.25) is 0 Å². The van der Waals surface area contributed by atoms with Crippen molar-refractivity contribution in [2.45, 2.75) is 38.2 Å². The average molecular weight is 289 g/mol. The molecule has 1 heterocycles. The summed E-state index contributed by atoms with van der Waals surface area (Å²) in [7, 11) is 0. The second-order valence-corrected chi connectivity index (χ2v) is 6.39. The summed E-state index contributed by atoms with van der Waals surface area (Å²) in [5, 5.41) is 0. The van der Waals surface area contributed by atoms with Crippen molar-refractivity contribution < 1.29 is 9.47 Å². The van der Waals surface area contributed by atoms with Crippen LogP contribution in [0.4, 0.5) is 0 Å². The largest absolute Gasteiger partial charge is 0.378 e. The summed E-state index contributed by atoms with van der Waals surface area (Å²) in [5.74, 6) is 1.29. The first-order valence-electron chi connectivity index (χ1n) is 8.35. The first kappa shape index (κ1) is 15.0. The van der Waals surface area contributed by atoms with Crippen molar-refractivity contribution in [2.24, 2.45) is 17.6 Å². The van der Waals surface area contributed by atoms with E-state index < -0.39 is 0 Å². The van der Waals surface area contributed by atoms with E-state index in [9.17, 15) is 0 Å². The van der Waals surface area contributed by atoms with Gasteiger partial charge in [-0.15, -0.1) is 0 Å². The van der Waals surface area contributed by atoms with Crippen LogP contribution in [0.15, 0.2) is 24.3 Å². The molecule has 1 saturated carbocycles. The zero-order valence-corrected chi connectivity index (χ0v) is 12.8. The summed E-state index contributed by atoms with van der Waals surface area (Å²) in [6.07, 6.45) is 6.32. The van der Waals surface area contributed by atoms with Crippen LogP contribution in [0, 0.1) is 11.8 Å². The second-order valence-electron chi connectivity index (χ2n) is 6.39. The third-order valence-corrected chi connectivity index (χ3v) is 5.06. The number of rotatable bonds is 5. The van der Waals surface area contributed by atoms with Gasteiger partial charge in [-0.05, 0) is 48.8 Å². The Morgan fingerprint density at radius 3 is 2.76 bits per heavy atom. The van der Waals surface area contributed by atoms with E-state index in [1.54, 1.807) is 0 Å². The van der Waals surface area contributed by atoms with Crippen molar-refractivity contribution in [1.82, 2.24) is 0 Å². The van der Waals surface area contributed by atoms with Gasteiger partial charge in [-0.3, -0.25) is 0 Å². The molecule has 0 aromatic heterocycles. The lowest BCUT2D eigenvalue weighted by molar-refractivity contribution is -0.0400. The van der Waals surface area contributed by atoms with E-state index >= 15 is 0 Å². The van der Waals surface area contributed by atoms with Crippen molar-refractivity contribution in [1.29, 1.82) is 0 Å². The lowest BCUT2D eigenvalue weighted by Crippen LogP contribution is -2.30. The molecule has 2 N–H and O–H groups in total. The van der Waals surface area contributed by atoms with Crippen LogP contribution in [0.1, 0.15) is 42.9 Å². The van der Waals surface area contributed by atoms with Crippen LogP contribution in [0.25, 0.3) is 0 Å². The van der Waals surface area contributed by atoms with E-state index in [-0.39, 0.29) is 6.10 Å². The maximum atomic E-state index is 6.02. The molecule has 1 aliphatic heterocycles. The van der Waals surface area contributed by atoms with E-state index in [4.69, 9.17) is 15.2 Å². The first-order chi connectivity index (χ1) is 10.4. The third-order valence-electron chi connectivity index (χ3n) is 5.06. The fourth-order valence-corrected chi connectivity index (χ4v) is 3.76. The van der Waals surface area contributed by atoms with Gasteiger partial charge in [-0.2, -0.15) is 0 Å². The maximum absolute atomic E-state index is 6.02. The number of hydrogen-bond acceptors (Lipinski definition) is 3. The van der Waals surface area contributed by atoms with E-state index in [0.717, 1.165) is 26.2 Å². The Bertz CT molecular complexity index is 449. The molecule has 1 aliphatic carbocycles. The summed E-state index contributed by atoms with van der Waals surface area (Å²) in [4.78, 5) is 0. The first-order valence-corrected chi connectivity index (χ1v) is 8.35. The number of hydrogen-bond donors (Lipinski definition) is 1. The van der Waals surface area contributed by atoms with Gasteiger partial charge >= 0.3 is 0 Å². The highest BCUT2D eigenvalue weighted by Crippen LogP contribution is 2.31. The lowest BCUT2D eigenvalue weighted by atomic mass is 9.80. The molecule has 0 saturated heterocycles. The molecule has 1 aromatic carbocycles. The fraction of sp³-hybridized carbons (Fsp3) is 0.667. The summed E-state index contributed by atoms with van der Waals surface area (Å²) < 4.78 is 11.9. The zero-order chi connectivity index (χ0) is 14.5. The topological polar surface area (TPSA) is 44.5 Å². The molecule has 21 heavy (non-hydrogen) atoms. The highest BCUT2D eigenvalue weighted by Gasteiger charge is 2.25. The van der Waals surface area contributed by atoms with Crippen LogP contribution in [-0.4, -0.2) is 26.4 Å². The Morgan fingerprint density at radius 2 is 1.90 bits per heavy atom. The van der Waals surface area contributed by atoms with Crippen LogP contribution < -0.4 is 5.73 Å². The van der Waals surface area contributed by atoms with Crippen LogP contribution in [-0.2, 0) is 15.9 Å². The van der Waals surface area contributed by atoms with Gasteiger partial charge in [0.15, 0.2) is 0 Å². The number of benzene rings is 1. The summed E-state index contributed by atoms with van der Waals surface area (Å²) in [6.45, 7) is 3.12. The highest BCUT2D eigenvalue weighted by molar-refractivity contribution is 5.30. The normalized spacial score (nSPS) is 29.1. The average Bonchev–Trinajstić information content (AvgIpc) is 2.55. The van der Waals surface area contributed by atoms with Crippen LogP contribution in [0.2, 0.25) is 0 Å². The molecular weight excluding hydrogens is 262 g/mol. The second kappa shape index (κ2) is 7.39. The minimum atomic E-state index is 0.106. The predicted molar refractivity (Wildman–Crippen MR) is 84.2 cm³/mol. The monoisotopic (exact) mass is 289 g/mol. The zero-order valence-electron chi connectivity index (χ0n) is 12.8. The molecule has 2 aliphatic rings. The molecule has 1 fully saturated rings. The van der Waals surface area contributed by atoms with Gasteiger partial charge in [0.1, 0.15) is 6.10 Å². The minimum absolute atomic E-state index is 0.106. The van der Waals surface area contributed by atoms with Gasteiger partial charge in [0, 0.05) is 6.61 Å². The molecule has 0 amide bonds. The van der Waals surface area contributed by atoms with E-state index in [1.807, 2.05) is 0 Å². The van der Waals surface area contributed by atoms with E-state index in [2.05, 4.69) is 24.3 Å². The quantitative estimate of drug-likeness (QED) is 0.906. The molecule has 116 valence electrons. The molecule has 1 aromatic rings. The van der Waals surface area contributed by atoms with Gasteiger partial charge in [-0.1, -0.05) is 37.1 Å². The molecule has 3 heteroatoms. The van der Waals surface area contributed by atoms with E-state index in [1.165, 1.54) is 36.8 Å². The fourth-order valence-electron chi connectivity index (χ4n) is 3.76. The van der Waals surface area contributed by atoms with Crippen molar-refractivity contribution in [3.8, 4) is 0 Å². The molecule has 3 unspecified atom stereocenters. The van der Waals surface area contributed by atoms with Gasteiger partial charge in [0.25, 0.3) is 0 Å². The van der Waals surface area contributed by atoms with Crippen molar-refractivity contribution in [3.05, 3.63) is 35.4 Å². The van der Waals surface area contributed by atoms with Crippen LogP contribution in [0.5, 0.6) is 0 Å². The molecule has 3 nitrogen and oxygen atoms in total. The summed E-state index contributed by atoms with van der Waals surface area (Å²) in [6, 6.07) is 8.57. The van der Waals surface area contributed by atoms with Crippen LogP contribution in [0.3, 0.4) is 0 Å². The Kier molecular flexibility index (Phi) is 5.28. The van der Waals surface area contributed by atoms with Gasteiger partial charge in [-0.25, -0.2) is 0 Å². The number of nitrogens with two attached hydrogens (primary N) is 1. The molecular formula is C18H27NO2. The lowest BCUT2D eigenvalue weighted by Gasteiger charge is -2.31. The Balaban J connectivity index is 1.52. The molecule has 0 radical (unpaired) electrons. The van der Waals surface area contributed by atoms with E-state index in [0.29, 0.717) is 18.4 Å². The summed E-state index contributed by atoms with van der Waals surface area (Å²) >= 11 is 0. The Labute approximate surface area is 127 Å². The maximum Gasteiger partial charge on any atom is 0.106 e. The third kappa shape index (κ3) is 3.65. The van der Waals surface area contributed by atoms with Gasteiger partial charge < -0.3 is 15.2 Å². The van der Waals surface area contributed by atoms with Crippen molar-refractivity contribution in [3.63, 3.8) is 0 Å². The Morgan fingerprint density at radius 1 is 1.10 bits per heavy atom. The highest BCUT2D eigenvalue weighted by atomic mass is 16.5. The molecule has 3 rings (SSSR count). The van der Waals surface area contributed by atoms with Gasteiger partial charge in [0.05, 0.1) is 13.2 Å². The predicted octanol–water partition coefficient (Wildman–Crippen LogP) is 3.08. The SMILES string of the molecule is NCC1CCCCC1COCC1OCCc2ccccc21. The Hall–Kier alpha value is -0.900. The van der Waals surface area contributed by atoms with Crippen molar-refractivity contribution in [2.75, 3.05) is 26.4 Å². The van der Waals surface area contributed by atoms with Crippen molar-refractivity contribution >= 4 is 0 Å². The minimum Gasteiger partial charge on any atom is -0.378 e. The molecule has 3 atom stereocenters. The number of fused-ring (bicyclic) bond motifs is 1. The smallest absolute Gasteiger partial charge is 0.106 e.